The van der Waals surface area contributed by atoms with Crippen LogP contribution in [-0.4, -0.2) is 11.0 Å². The Morgan fingerprint density at radius 2 is 1.50 bits per heavy atom. The Morgan fingerprint density at radius 3 is 2.08 bits per heavy atom. The second kappa shape index (κ2) is 6.89. The van der Waals surface area contributed by atoms with Crippen molar-refractivity contribution in [2.24, 2.45) is 0 Å². The van der Waals surface area contributed by atoms with Gasteiger partial charge in [-0.3, -0.25) is 4.79 Å². The lowest BCUT2D eigenvalue weighted by Gasteiger charge is -2.08. The lowest BCUT2D eigenvalue weighted by Crippen LogP contribution is -2.11. The van der Waals surface area contributed by atoms with E-state index in [9.17, 15) is 9.90 Å². The second-order valence-electron chi connectivity index (χ2n) is 5.54. The third-order valence-electron chi connectivity index (χ3n) is 3.78. The molecule has 3 nitrogen and oxygen atoms in total. The first-order chi connectivity index (χ1) is 11.5. The highest BCUT2D eigenvalue weighted by Crippen LogP contribution is 2.23. The summed E-state index contributed by atoms with van der Waals surface area (Å²) in [6.07, 6.45) is 0. The van der Waals surface area contributed by atoms with Crippen LogP contribution in [0.1, 0.15) is 15.9 Å². The van der Waals surface area contributed by atoms with Gasteiger partial charge in [-0.15, -0.1) is 0 Å². The molecule has 3 aromatic rings. The molecule has 4 heteroatoms. The molecule has 0 radical (unpaired) electrons. The number of amides is 1. The zero-order chi connectivity index (χ0) is 17.1. The van der Waals surface area contributed by atoms with Crippen molar-refractivity contribution in [2.45, 2.75) is 6.92 Å². The maximum atomic E-state index is 12.3. The van der Waals surface area contributed by atoms with Gasteiger partial charge in [-0.05, 0) is 60.0 Å². The molecule has 0 heterocycles. The van der Waals surface area contributed by atoms with Crippen LogP contribution in [0.25, 0.3) is 11.1 Å². The normalized spacial score (nSPS) is 10.4. The molecule has 1 amide bonds. The fraction of sp³-hybridized carbons (Fsp3) is 0.0500. The molecule has 0 aromatic heterocycles. The topological polar surface area (TPSA) is 49.3 Å². The van der Waals surface area contributed by atoms with E-state index in [1.807, 2.05) is 49.4 Å². The Hall–Kier alpha value is -2.59. The second-order valence-corrected chi connectivity index (χ2v) is 6.40. The number of rotatable bonds is 3. The number of hydrogen-bond acceptors (Lipinski definition) is 2. The number of carbonyl (C=O) groups is 1. The number of phenols is 1. The number of nitrogens with one attached hydrogen (secondary N) is 1. The highest BCUT2D eigenvalue weighted by atomic mass is 79.9. The molecule has 0 spiro atoms. The zero-order valence-corrected chi connectivity index (χ0v) is 14.7. The molecule has 0 fully saturated rings. The summed E-state index contributed by atoms with van der Waals surface area (Å²) in [5.41, 5.74) is 4.44. The minimum Gasteiger partial charge on any atom is -0.508 e. The van der Waals surface area contributed by atoms with E-state index in [0.717, 1.165) is 26.9 Å². The van der Waals surface area contributed by atoms with Gasteiger partial charge in [-0.25, -0.2) is 0 Å². The van der Waals surface area contributed by atoms with E-state index in [4.69, 9.17) is 0 Å². The summed E-state index contributed by atoms with van der Waals surface area (Å²) in [5.74, 6) is 0.0852. The number of carbonyl (C=O) groups excluding carboxylic acids is 1. The van der Waals surface area contributed by atoms with E-state index >= 15 is 0 Å². The van der Waals surface area contributed by atoms with Crippen LogP contribution in [0, 0.1) is 6.92 Å². The molecule has 3 rings (SSSR count). The molecule has 0 saturated carbocycles. The van der Waals surface area contributed by atoms with E-state index in [0.29, 0.717) is 5.56 Å². The summed E-state index contributed by atoms with van der Waals surface area (Å²) < 4.78 is 0.961. The fourth-order valence-electron chi connectivity index (χ4n) is 2.34. The Bertz CT molecular complexity index is 871. The molecule has 0 unspecified atom stereocenters. The van der Waals surface area contributed by atoms with Gasteiger partial charge in [0.05, 0.1) is 0 Å². The summed E-state index contributed by atoms with van der Waals surface area (Å²) in [4.78, 5) is 12.3. The van der Waals surface area contributed by atoms with E-state index in [-0.39, 0.29) is 11.7 Å². The Morgan fingerprint density at radius 1 is 0.917 bits per heavy atom. The van der Waals surface area contributed by atoms with Gasteiger partial charge in [0.25, 0.3) is 5.91 Å². The summed E-state index contributed by atoms with van der Waals surface area (Å²) in [5, 5.41) is 12.2. The Labute approximate surface area is 149 Å². The monoisotopic (exact) mass is 381 g/mol. The largest absolute Gasteiger partial charge is 0.508 e. The lowest BCUT2D eigenvalue weighted by molar-refractivity contribution is 0.102. The molecule has 24 heavy (non-hydrogen) atoms. The van der Waals surface area contributed by atoms with E-state index in [2.05, 4.69) is 21.2 Å². The predicted octanol–water partition coefficient (Wildman–Crippen LogP) is 5.38. The van der Waals surface area contributed by atoms with Crippen molar-refractivity contribution in [3.8, 4) is 16.9 Å². The molecule has 120 valence electrons. The van der Waals surface area contributed by atoms with Gasteiger partial charge in [0, 0.05) is 15.7 Å². The number of hydrogen-bond donors (Lipinski definition) is 2. The third kappa shape index (κ3) is 3.66. The minimum atomic E-state index is -0.150. The van der Waals surface area contributed by atoms with Crippen molar-refractivity contribution in [1.29, 1.82) is 0 Å². The molecular weight excluding hydrogens is 366 g/mol. The summed E-state index contributed by atoms with van der Waals surface area (Å²) >= 11 is 3.46. The predicted molar refractivity (Wildman–Crippen MR) is 100 cm³/mol. The smallest absolute Gasteiger partial charge is 0.255 e. The Balaban J connectivity index is 1.76. The van der Waals surface area contributed by atoms with Gasteiger partial charge in [-0.1, -0.05) is 46.3 Å². The standard InChI is InChI=1S/C20H16BrNO2/c1-13-2-9-17(12-19(13)21)22-20(24)16-5-3-14(4-6-16)15-7-10-18(23)11-8-15/h2-12,23H,1H3,(H,22,24). The van der Waals surface area contributed by atoms with Gasteiger partial charge >= 0.3 is 0 Å². The van der Waals surface area contributed by atoms with Crippen LogP contribution in [0.4, 0.5) is 5.69 Å². The fourth-order valence-corrected chi connectivity index (χ4v) is 2.72. The highest BCUT2D eigenvalue weighted by molar-refractivity contribution is 9.10. The van der Waals surface area contributed by atoms with E-state index in [1.165, 1.54) is 0 Å². The number of anilines is 1. The van der Waals surface area contributed by atoms with Crippen LogP contribution in [0.3, 0.4) is 0 Å². The van der Waals surface area contributed by atoms with Crippen LogP contribution >= 0.6 is 15.9 Å². The van der Waals surface area contributed by atoms with Crippen molar-refractivity contribution in [2.75, 3.05) is 5.32 Å². The average Bonchev–Trinajstić information content (AvgIpc) is 2.59. The Kier molecular flexibility index (Phi) is 4.67. The molecule has 0 aliphatic heterocycles. The molecule has 0 aliphatic carbocycles. The van der Waals surface area contributed by atoms with Crippen molar-refractivity contribution in [1.82, 2.24) is 0 Å². The quantitative estimate of drug-likeness (QED) is 0.639. The third-order valence-corrected chi connectivity index (χ3v) is 4.63. The molecule has 3 aromatic carbocycles. The van der Waals surface area contributed by atoms with E-state index < -0.39 is 0 Å². The van der Waals surface area contributed by atoms with Crippen molar-refractivity contribution in [3.05, 3.63) is 82.3 Å². The SMILES string of the molecule is Cc1ccc(NC(=O)c2ccc(-c3ccc(O)cc3)cc2)cc1Br. The highest BCUT2D eigenvalue weighted by Gasteiger charge is 2.07. The van der Waals surface area contributed by atoms with Gasteiger partial charge < -0.3 is 10.4 Å². The summed E-state index contributed by atoms with van der Waals surface area (Å²) in [6, 6.07) is 20.1. The maximum absolute atomic E-state index is 12.3. The first-order valence-corrected chi connectivity index (χ1v) is 8.29. The van der Waals surface area contributed by atoms with Crippen LogP contribution in [0.2, 0.25) is 0 Å². The maximum Gasteiger partial charge on any atom is 0.255 e. The van der Waals surface area contributed by atoms with Gasteiger partial charge in [0.1, 0.15) is 5.75 Å². The molecule has 0 atom stereocenters. The number of aryl methyl sites for hydroxylation is 1. The van der Waals surface area contributed by atoms with Crippen LogP contribution < -0.4 is 5.32 Å². The van der Waals surface area contributed by atoms with Gasteiger partial charge in [-0.2, -0.15) is 0 Å². The van der Waals surface area contributed by atoms with Crippen molar-refractivity contribution >= 4 is 27.5 Å². The molecule has 0 aliphatic rings. The first-order valence-electron chi connectivity index (χ1n) is 7.50. The van der Waals surface area contributed by atoms with Crippen molar-refractivity contribution < 1.29 is 9.90 Å². The number of halogens is 1. The van der Waals surface area contributed by atoms with Gasteiger partial charge in [0.2, 0.25) is 0 Å². The van der Waals surface area contributed by atoms with Crippen molar-refractivity contribution in [3.63, 3.8) is 0 Å². The zero-order valence-electron chi connectivity index (χ0n) is 13.1. The average molecular weight is 382 g/mol. The molecule has 2 N–H and O–H groups in total. The molecular formula is C20H16BrNO2. The van der Waals surface area contributed by atoms with Crippen LogP contribution in [0.15, 0.2) is 71.2 Å². The summed E-state index contributed by atoms with van der Waals surface area (Å²) in [7, 11) is 0. The van der Waals surface area contributed by atoms with Crippen LogP contribution in [0.5, 0.6) is 5.75 Å². The van der Waals surface area contributed by atoms with E-state index in [1.54, 1.807) is 24.3 Å². The first kappa shape index (κ1) is 16.3. The number of phenolic OH excluding ortho intramolecular Hbond substituents is 1. The van der Waals surface area contributed by atoms with Gasteiger partial charge in [0.15, 0.2) is 0 Å². The number of benzene rings is 3. The molecule has 0 saturated heterocycles. The lowest BCUT2D eigenvalue weighted by atomic mass is 10.0. The molecule has 0 bridgehead atoms. The summed E-state index contributed by atoms with van der Waals surface area (Å²) in [6.45, 7) is 2.00. The van der Waals surface area contributed by atoms with Crippen LogP contribution in [-0.2, 0) is 0 Å². The minimum absolute atomic E-state index is 0.150. The number of aromatic hydroxyl groups is 1.